The summed E-state index contributed by atoms with van der Waals surface area (Å²) in [6, 6.07) is 26.4. The lowest BCUT2D eigenvalue weighted by Crippen LogP contribution is -2.17. The molecule has 0 aliphatic rings. The van der Waals surface area contributed by atoms with E-state index in [0.29, 0.717) is 6.54 Å². The maximum atomic E-state index is 12.3. The molecule has 3 heteroatoms. The highest BCUT2D eigenvalue weighted by molar-refractivity contribution is 5.75. The van der Waals surface area contributed by atoms with Gasteiger partial charge in [0, 0.05) is 0 Å². The summed E-state index contributed by atoms with van der Waals surface area (Å²) < 4.78 is 1.79. The fourth-order valence-electron chi connectivity index (χ4n) is 3.21. The maximum Gasteiger partial charge on any atom is 0.326 e. The average molecular weight is 340 g/mol. The van der Waals surface area contributed by atoms with Crippen molar-refractivity contribution in [2.24, 2.45) is 0 Å². The molecule has 4 rings (SSSR count). The molecule has 0 aliphatic carbocycles. The van der Waals surface area contributed by atoms with Crippen molar-refractivity contribution in [2.75, 3.05) is 0 Å². The predicted molar refractivity (Wildman–Crippen MR) is 107 cm³/mol. The minimum absolute atomic E-state index is 0.0748. The number of aromatic amines is 1. The number of rotatable bonds is 5. The highest BCUT2D eigenvalue weighted by atomic mass is 16.1. The van der Waals surface area contributed by atoms with Crippen LogP contribution < -0.4 is 5.69 Å². The summed E-state index contributed by atoms with van der Waals surface area (Å²) in [6.45, 7) is 0.550. The predicted octanol–water partition coefficient (Wildman–Crippen LogP) is 4.63. The number of hydrogen-bond acceptors (Lipinski definition) is 1. The van der Waals surface area contributed by atoms with Crippen LogP contribution in [0.4, 0.5) is 0 Å². The Labute approximate surface area is 152 Å². The van der Waals surface area contributed by atoms with E-state index in [1.165, 1.54) is 5.56 Å². The minimum atomic E-state index is -0.0748. The highest BCUT2D eigenvalue weighted by Crippen LogP contribution is 2.16. The first-order valence-electron chi connectivity index (χ1n) is 8.77. The molecule has 0 fully saturated rings. The van der Waals surface area contributed by atoms with Crippen LogP contribution in [-0.2, 0) is 13.0 Å². The standard InChI is InChI=1S/C23H20N2O/c26-23-24-21-15-6-7-16-22(21)25(23)17-20-13-5-4-12-19(20)14-8-11-18-9-2-1-3-10-18/h1-10,12-16H,11,17H2,(H,24,26)/b14-8+. The second kappa shape index (κ2) is 7.28. The average Bonchev–Trinajstić information content (AvgIpc) is 2.99. The van der Waals surface area contributed by atoms with Crippen LogP contribution in [0.1, 0.15) is 16.7 Å². The number of H-pyrrole nitrogens is 1. The number of hydrogen-bond donors (Lipinski definition) is 1. The Morgan fingerprint density at radius 1 is 0.846 bits per heavy atom. The number of benzene rings is 3. The molecule has 0 amide bonds. The molecule has 0 saturated heterocycles. The van der Waals surface area contributed by atoms with Gasteiger partial charge in [0.25, 0.3) is 0 Å². The van der Waals surface area contributed by atoms with Gasteiger partial charge in [0.15, 0.2) is 0 Å². The summed E-state index contributed by atoms with van der Waals surface area (Å²) in [7, 11) is 0. The monoisotopic (exact) mass is 340 g/mol. The minimum Gasteiger partial charge on any atom is -0.306 e. The molecule has 0 atom stereocenters. The lowest BCUT2D eigenvalue weighted by atomic mass is 10.1. The molecule has 0 aliphatic heterocycles. The summed E-state index contributed by atoms with van der Waals surface area (Å²) >= 11 is 0. The number of allylic oxidation sites excluding steroid dienone is 1. The van der Waals surface area contributed by atoms with Crippen molar-refractivity contribution < 1.29 is 0 Å². The van der Waals surface area contributed by atoms with Gasteiger partial charge in [-0.25, -0.2) is 4.79 Å². The number of fused-ring (bicyclic) bond motifs is 1. The van der Waals surface area contributed by atoms with Crippen LogP contribution >= 0.6 is 0 Å². The van der Waals surface area contributed by atoms with Crippen molar-refractivity contribution in [3.05, 3.63) is 112 Å². The zero-order chi connectivity index (χ0) is 17.8. The molecular weight excluding hydrogens is 320 g/mol. The molecule has 1 aromatic heterocycles. The van der Waals surface area contributed by atoms with Gasteiger partial charge in [0.05, 0.1) is 17.6 Å². The van der Waals surface area contributed by atoms with Crippen molar-refractivity contribution in [1.82, 2.24) is 9.55 Å². The topological polar surface area (TPSA) is 37.8 Å². The van der Waals surface area contributed by atoms with Crippen LogP contribution in [0.25, 0.3) is 17.1 Å². The van der Waals surface area contributed by atoms with E-state index in [1.54, 1.807) is 4.57 Å². The summed E-state index contributed by atoms with van der Waals surface area (Å²) in [5.74, 6) is 0. The van der Waals surface area contributed by atoms with Crippen LogP contribution in [-0.4, -0.2) is 9.55 Å². The van der Waals surface area contributed by atoms with Crippen molar-refractivity contribution in [2.45, 2.75) is 13.0 Å². The van der Waals surface area contributed by atoms with Gasteiger partial charge in [0.2, 0.25) is 0 Å². The first-order chi connectivity index (χ1) is 12.8. The third-order valence-electron chi connectivity index (χ3n) is 4.56. The molecule has 4 aromatic rings. The molecule has 0 radical (unpaired) electrons. The number of nitrogens with zero attached hydrogens (tertiary/aromatic N) is 1. The molecule has 1 N–H and O–H groups in total. The quantitative estimate of drug-likeness (QED) is 0.565. The number of aromatic nitrogens is 2. The lowest BCUT2D eigenvalue weighted by molar-refractivity contribution is 0.785. The molecule has 0 bridgehead atoms. The van der Waals surface area contributed by atoms with Crippen molar-refractivity contribution in [3.63, 3.8) is 0 Å². The molecule has 3 aromatic carbocycles. The molecule has 0 unspecified atom stereocenters. The van der Waals surface area contributed by atoms with Gasteiger partial charge in [-0.15, -0.1) is 0 Å². The Morgan fingerprint density at radius 2 is 1.58 bits per heavy atom. The lowest BCUT2D eigenvalue weighted by Gasteiger charge is -2.08. The van der Waals surface area contributed by atoms with Gasteiger partial charge in [-0.1, -0.05) is 78.9 Å². The summed E-state index contributed by atoms with van der Waals surface area (Å²) in [5.41, 5.74) is 5.28. The van der Waals surface area contributed by atoms with Crippen molar-refractivity contribution >= 4 is 17.1 Å². The van der Waals surface area contributed by atoms with E-state index in [2.05, 4.69) is 53.5 Å². The van der Waals surface area contributed by atoms with Crippen LogP contribution in [0, 0.1) is 0 Å². The number of imidazole rings is 1. The Kier molecular flexibility index (Phi) is 4.52. The zero-order valence-corrected chi connectivity index (χ0v) is 14.4. The van der Waals surface area contributed by atoms with Crippen LogP contribution in [0.5, 0.6) is 0 Å². The molecule has 1 heterocycles. The molecular formula is C23H20N2O. The first kappa shape index (κ1) is 16.2. The first-order valence-corrected chi connectivity index (χ1v) is 8.77. The van der Waals surface area contributed by atoms with E-state index >= 15 is 0 Å². The van der Waals surface area contributed by atoms with E-state index in [4.69, 9.17) is 0 Å². The van der Waals surface area contributed by atoms with Crippen molar-refractivity contribution in [3.8, 4) is 0 Å². The SMILES string of the molecule is O=c1[nH]c2ccccc2n1Cc1ccccc1/C=C/Cc1ccccc1. The maximum absolute atomic E-state index is 12.3. The molecule has 0 spiro atoms. The van der Waals surface area contributed by atoms with Gasteiger partial charge in [-0.2, -0.15) is 0 Å². The molecule has 128 valence electrons. The van der Waals surface area contributed by atoms with E-state index in [0.717, 1.165) is 28.6 Å². The molecule has 3 nitrogen and oxygen atoms in total. The largest absolute Gasteiger partial charge is 0.326 e. The van der Waals surface area contributed by atoms with E-state index in [9.17, 15) is 4.79 Å². The smallest absolute Gasteiger partial charge is 0.306 e. The Hall–Kier alpha value is -3.33. The van der Waals surface area contributed by atoms with E-state index < -0.39 is 0 Å². The second-order valence-corrected chi connectivity index (χ2v) is 6.32. The molecule has 0 saturated carbocycles. The fourth-order valence-corrected chi connectivity index (χ4v) is 3.21. The number of nitrogens with one attached hydrogen (secondary N) is 1. The van der Waals surface area contributed by atoms with Crippen LogP contribution in [0.15, 0.2) is 89.7 Å². The third-order valence-corrected chi connectivity index (χ3v) is 4.56. The zero-order valence-electron chi connectivity index (χ0n) is 14.4. The Morgan fingerprint density at radius 3 is 2.46 bits per heavy atom. The van der Waals surface area contributed by atoms with E-state index in [1.807, 2.05) is 42.5 Å². The van der Waals surface area contributed by atoms with E-state index in [-0.39, 0.29) is 5.69 Å². The third kappa shape index (κ3) is 3.38. The fraction of sp³-hybridized carbons (Fsp3) is 0.0870. The molecule has 26 heavy (non-hydrogen) atoms. The normalized spacial score (nSPS) is 11.4. The Bertz CT molecular complexity index is 1100. The van der Waals surface area contributed by atoms with Gasteiger partial charge in [-0.3, -0.25) is 4.57 Å². The van der Waals surface area contributed by atoms with Gasteiger partial charge in [-0.05, 0) is 35.2 Å². The van der Waals surface area contributed by atoms with Crippen molar-refractivity contribution in [1.29, 1.82) is 0 Å². The van der Waals surface area contributed by atoms with Gasteiger partial charge in [0.1, 0.15) is 0 Å². The van der Waals surface area contributed by atoms with Gasteiger partial charge >= 0.3 is 5.69 Å². The van der Waals surface area contributed by atoms with Crippen LogP contribution in [0.2, 0.25) is 0 Å². The number of para-hydroxylation sites is 2. The second-order valence-electron chi connectivity index (χ2n) is 6.32. The van der Waals surface area contributed by atoms with Gasteiger partial charge < -0.3 is 4.98 Å². The van der Waals surface area contributed by atoms with Crippen LogP contribution in [0.3, 0.4) is 0 Å². The highest BCUT2D eigenvalue weighted by Gasteiger charge is 2.08. The summed E-state index contributed by atoms with van der Waals surface area (Å²) in [4.78, 5) is 15.3. The summed E-state index contributed by atoms with van der Waals surface area (Å²) in [5, 5.41) is 0. The summed E-state index contributed by atoms with van der Waals surface area (Å²) in [6.07, 6.45) is 5.20. The Balaban J connectivity index is 1.61.